The topological polar surface area (TPSA) is 87.7 Å². The number of aliphatic hydroxyl groups is 1. The fourth-order valence-corrected chi connectivity index (χ4v) is 2.28. The van der Waals surface area contributed by atoms with Crippen LogP contribution in [-0.4, -0.2) is 36.7 Å². The minimum atomic E-state index is -1.13. The Morgan fingerprint density at radius 3 is 2.41 bits per heavy atom. The average Bonchev–Trinajstić information content (AvgIpc) is 2.65. The van der Waals surface area contributed by atoms with Gasteiger partial charge in [-0.15, -0.1) is 0 Å². The molecule has 144 valence electrons. The number of anilines is 1. The summed E-state index contributed by atoms with van der Waals surface area (Å²) in [7, 11) is 0. The highest BCUT2D eigenvalue weighted by Crippen LogP contribution is 2.17. The summed E-state index contributed by atoms with van der Waals surface area (Å²) in [5.41, 5.74) is 1.78. The molecule has 2 rings (SSSR count). The van der Waals surface area contributed by atoms with Crippen molar-refractivity contribution < 1.29 is 28.2 Å². The van der Waals surface area contributed by atoms with Crippen LogP contribution in [-0.2, 0) is 14.3 Å². The Morgan fingerprint density at radius 2 is 1.78 bits per heavy atom. The maximum atomic E-state index is 13.2. The molecule has 0 fully saturated rings. The summed E-state index contributed by atoms with van der Waals surface area (Å²) in [6, 6.07) is 10.2. The highest BCUT2D eigenvalue weighted by Gasteiger charge is 2.18. The average molecular weight is 378 g/mol. The van der Waals surface area contributed by atoms with Gasteiger partial charge in [0.2, 0.25) is 0 Å². The van der Waals surface area contributed by atoms with E-state index in [0.29, 0.717) is 0 Å². The molecule has 0 saturated carbocycles. The molecule has 0 spiro atoms. The molecular formula is C19H20F2N2O4. The fourth-order valence-electron chi connectivity index (χ4n) is 2.28. The molecule has 0 bridgehead atoms. The molecule has 2 amide bonds. The third kappa shape index (κ3) is 6.12. The number of benzene rings is 2. The van der Waals surface area contributed by atoms with Crippen molar-refractivity contribution in [3.05, 3.63) is 65.2 Å². The first-order chi connectivity index (χ1) is 12.9. The van der Waals surface area contributed by atoms with Crippen LogP contribution in [0.25, 0.3) is 0 Å². The van der Waals surface area contributed by atoms with Gasteiger partial charge >= 0.3 is 11.8 Å². The Balaban J connectivity index is 1.96. The van der Waals surface area contributed by atoms with Crippen LogP contribution in [0.3, 0.4) is 0 Å². The maximum Gasteiger partial charge on any atom is 0.313 e. The number of ether oxygens (including phenoxy) is 1. The molecule has 1 unspecified atom stereocenters. The van der Waals surface area contributed by atoms with Crippen LogP contribution in [0, 0.1) is 18.6 Å². The van der Waals surface area contributed by atoms with Gasteiger partial charge in [0, 0.05) is 18.3 Å². The van der Waals surface area contributed by atoms with Gasteiger partial charge in [-0.05, 0) is 24.6 Å². The van der Waals surface area contributed by atoms with E-state index in [4.69, 9.17) is 9.84 Å². The first kappa shape index (κ1) is 20.5. The molecule has 0 aliphatic heterocycles. The number of halogens is 2. The fraction of sp³-hybridized carbons (Fsp3) is 0.263. The lowest BCUT2D eigenvalue weighted by Gasteiger charge is -2.18. The van der Waals surface area contributed by atoms with Gasteiger partial charge in [-0.2, -0.15) is 0 Å². The first-order valence-corrected chi connectivity index (χ1v) is 8.24. The van der Waals surface area contributed by atoms with Crippen molar-refractivity contribution >= 4 is 17.5 Å². The standard InChI is InChI=1S/C19H20F2N2O4/c1-12-2-4-13(5-3-12)17(27-9-8-24)11-22-18(25)19(26)23-14-6-7-15(20)16(21)10-14/h2-7,10,17,24H,8-9,11H2,1H3,(H,22,25)(H,23,26). The number of amides is 2. The van der Waals surface area contributed by atoms with Gasteiger partial charge in [-0.3, -0.25) is 9.59 Å². The predicted octanol–water partition coefficient (Wildman–Crippen LogP) is 2.08. The van der Waals surface area contributed by atoms with E-state index < -0.39 is 29.6 Å². The molecule has 0 aromatic heterocycles. The normalized spacial score (nSPS) is 11.7. The lowest BCUT2D eigenvalue weighted by Crippen LogP contribution is -2.38. The van der Waals surface area contributed by atoms with E-state index in [0.717, 1.165) is 29.3 Å². The second-order valence-electron chi connectivity index (χ2n) is 5.79. The number of hydrogen-bond donors (Lipinski definition) is 3. The minimum Gasteiger partial charge on any atom is -0.394 e. The Morgan fingerprint density at radius 1 is 1.07 bits per heavy atom. The largest absolute Gasteiger partial charge is 0.394 e. The number of aryl methyl sites for hydroxylation is 1. The number of carbonyl (C=O) groups is 2. The van der Waals surface area contributed by atoms with E-state index in [2.05, 4.69) is 10.6 Å². The Bertz CT molecular complexity index is 797. The van der Waals surface area contributed by atoms with Crippen LogP contribution in [0.5, 0.6) is 0 Å². The number of nitrogens with one attached hydrogen (secondary N) is 2. The van der Waals surface area contributed by atoms with Gasteiger partial charge in [0.1, 0.15) is 0 Å². The molecule has 3 N–H and O–H groups in total. The number of aliphatic hydroxyl groups excluding tert-OH is 1. The molecule has 0 aliphatic carbocycles. The van der Waals surface area contributed by atoms with Crippen LogP contribution in [0.15, 0.2) is 42.5 Å². The molecule has 0 saturated heterocycles. The van der Waals surface area contributed by atoms with Crippen LogP contribution in [0.2, 0.25) is 0 Å². The van der Waals surface area contributed by atoms with E-state index in [1.807, 2.05) is 31.2 Å². The lowest BCUT2D eigenvalue weighted by atomic mass is 10.1. The van der Waals surface area contributed by atoms with Crippen LogP contribution in [0.4, 0.5) is 14.5 Å². The van der Waals surface area contributed by atoms with Crippen molar-refractivity contribution in [1.29, 1.82) is 0 Å². The Kier molecular flexibility index (Phi) is 7.39. The second kappa shape index (κ2) is 9.75. The highest BCUT2D eigenvalue weighted by atomic mass is 19.2. The monoisotopic (exact) mass is 378 g/mol. The van der Waals surface area contributed by atoms with E-state index in [9.17, 15) is 18.4 Å². The first-order valence-electron chi connectivity index (χ1n) is 8.24. The molecule has 0 aliphatic rings. The Hall–Kier alpha value is -2.84. The van der Waals surface area contributed by atoms with Gasteiger partial charge in [-0.1, -0.05) is 29.8 Å². The second-order valence-corrected chi connectivity index (χ2v) is 5.79. The number of carbonyl (C=O) groups excluding carboxylic acids is 2. The van der Waals surface area contributed by atoms with E-state index in [1.165, 1.54) is 0 Å². The zero-order valence-corrected chi connectivity index (χ0v) is 14.7. The summed E-state index contributed by atoms with van der Waals surface area (Å²) < 4.78 is 31.6. The molecule has 0 radical (unpaired) electrons. The Labute approximate surface area is 155 Å². The molecule has 8 heteroatoms. The van der Waals surface area contributed by atoms with Gasteiger partial charge in [0.25, 0.3) is 0 Å². The van der Waals surface area contributed by atoms with Crippen LogP contribution < -0.4 is 10.6 Å². The van der Waals surface area contributed by atoms with Crippen LogP contribution >= 0.6 is 0 Å². The third-order valence-electron chi connectivity index (χ3n) is 3.69. The van der Waals surface area contributed by atoms with Crippen molar-refractivity contribution in [3.8, 4) is 0 Å². The van der Waals surface area contributed by atoms with Gasteiger partial charge in [0.05, 0.1) is 19.3 Å². The third-order valence-corrected chi connectivity index (χ3v) is 3.69. The van der Waals surface area contributed by atoms with E-state index >= 15 is 0 Å². The predicted molar refractivity (Wildman–Crippen MR) is 95.0 cm³/mol. The SMILES string of the molecule is Cc1ccc(C(CNC(=O)C(=O)Nc2ccc(F)c(F)c2)OCCO)cc1. The van der Waals surface area contributed by atoms with Crippen molar-refractivity contribution in [2.24, 2.45) is 0 Å². The van der Waals surface area contributed by atoms with Gasteiger partial charge in [0.15, 0.2) is 11.6 Å². The highest BCUT2D eigenvalue weighted by molar-refractivity contribution is 6.39. The zero-order chi connectivity index (χ0) is 19.8. The molecule has 2 aromatic carbocycles. The summed E-state index contributed by atoms with van der Waals surface area (Å²) in [4.78, 5) is 23.9. The van der Waals surface area contributed by atoms with E-state index in [1.54, 1.807) is 0 Å². The van der Waals surface area contributed by atoms with Crippen molar-refractivity contribution in [2.45, 2.75) is 13.0 Å². The molecule has 6 nitrogen and oxygen atoms in total. The summed E-state index contributed by atoms with van der Waals surface area (Å²) >= 11 is 0. The molecular weight excluding hydrogens is 358 g/mol. The van der Waals surface area contributed by atoms with E-state index in [-0.39, 0.29) is 25.4 Å². The smallest absolute Gasteiger partial charge is 0.313 e. The molecule has 2 aromatic rings. The van der Waals surface area contributed by atoms with Gasteiger partial charge < -0.3 is 20.5 Å². The quantitative estimate of drug-likeness (QED) is 0.644. The van der Waals surface area contributed by atoms with Crippen molar-refractivity contribution in [2.75, 3.05) is 25.1 Å². The summed E-state index contributed by atoms with van der Waals surface area (Å²) in [5.74, 6) is -4.17. The zero-order valence-electron chi connectivity index (χ0n) is 14.7. The lowest BCUT2D eigenvalue weighted by molar-refractivity contribution is -0.136. The van der Waals surface area contributed by atoms with Crippen LogP contribution in [0.1, 0.15) is 17.2 Å². The van der Waals surface area contributed by atoms with Crippen molar-refractivity contribution in [3.63, 3.8) is 0 Å². The number of hydrogen-bond acceptors (Lipinski definition) is 4. The molecule has 27 heavy (non-hydrogen) atoms. The summed E-state index contributed by atoms with van der Waals surface area (Å²) in [6.07, 6.45) is -0.558. The summed E-state index contributed by atoms with van der Waals surface area (Å²) in [5, 5.41) is 13.6. The molecule has 1 atom stereocenters. The maximum absolute atomic E-state index is 13.2. The van der Waals surface area contributed by atoms with Gasteiger partial charge in [-0.25, -0.2) is 8.78 Å². The molecule has 0 heterocycles. The number of rotatable bonds is 7. The minimum absolute atomic E-state index is 0.00685. The van der Waals surface area contributed by atoms with Crippen molar-refractivity contribution in [1.82, 2.24) is 5.32 Å². The summed E-state index contributed by atoms with van der Waals surface area (Å²) in [6.45, 7) is 1.80.